The van der Waals surface area contributed by atoms with Gasteiger partial charge in [-0.1, -0.05) is 0 Å². The molecule has 0 radical (unpaired) electrons. The summed E-state index contributed by atoms with van der Waals surface area (Å²) in [4.78, 5) is 36.4. The summed E-state index contributed by atoms with van der Waals surface area (Å²) in [5, 5.41) is 11.6. The predicted octanol–water partition coefficient (Wildman–Crippen LogP) is 0.358. The molecular weight excluding hydrogens is 236 g/mol. The molecule has 0 aliphatic heterocycles. The second-order valence-corrected chi connectivity index (χ2v) is 4.43. The number of hydrogen-bond acceptors (Lipinski definition) is 3. The molecule has 1 amide bonds. The van der Waals surface area contributed by atoms with Crippen LogP contribution in [0, 0.1) is 5.92 Å². The highest BCUT2D eigenvalue weighted by Crippen LogP contribution is 2.25. The third-order valence-corrected chi connectivity index (χ3v) is 3.18. The van der Waals surface area contributed by atoms with Crippen LogP contribution in [0.3, 0.4) is 0 Å². The van der Waals surface area contributed by atoms with Crippen LogP contribution in [0.5, 0.6) is 0 Å². The highest BCUT2D eigenvalue weighted by molar-refractivity contribution is 5.94. The molecule has 0 saturated heterocycles. The standard InChI is InChI=1S/C12H14N2O4/c15-10-9(2-1-5-13-10)11(16)14-8-4-3-7(6-8)12(17)18/h1-2,5,7-8H,3-4,6H2,(H,13,15)(H,14,16)(H,17,18). The molecule has 1 aromatic rings. The largest absolute Gasteiger partial charge is 0.481 e. The first-order chi connectivity index (χ1) is 8.58. The molecule has 0 bridgehead atoms. The van der Waals surface area contributed by atoms with Crippen molar-refractivity contribution in [2.45, 2.75) is 25.3 Å². The Bertz CT molecular complexity index is 523. The zero-order valence-corrected chi connectivity index (χ0v) is 9.68. The summed E-state index contributed by atoms with van der Waals surface area (Å²) in [5.74, 6) is -1.68. The predicted molar refractivity (Wildman–Crippen MR) is 63.3 cm³/mol. The van der Waals surface area contributed by atoms with Gasteiger partial charge in [0.2, 0.25) is 0 Å². The lowest BCUT2D eigenvalue weighted by Crippen LogP contribution is -2.36. The van der Waals surface area contributed by atoms with Gasteiger partial charge < -0.3 is 15.4 Å². The van der Waals surface area contributed by atoms with Gasteiger partial charge in [0.05, 0.1) is 5.92 Å². The number of carbonyl (C=O) groups excluding carboxylic acids is 1. The van der Waals surface area contributed by atoms with E-state index < -0.39 is 23.4 Å². The van der Waals surface area contributed by atoms with E-state index in [9.17, 15) is 14.4 Å². The van der Waals surface area contributed by atoms with E-state index in [0.29, 0.717) is 19.3 Å². The van der Waals surface area contributed by atoms with E-state index in [-0.39, 0.29) is 11.6 Å². The van der Waals surface area contributed by atoms with E-state index in [0.717, 1.165) is 0 Å². The lowest BCUT2D eigenvalue weighted by Gasteiger charge is -2.11. The number of carboxylic acids is 1. The van der Waals surface area contributed by atoms with Gasteiger partial charge in [-0.15, -0.1) is 0 Å². The minimum Gasteiger partial charge on any atom is -0.481 e. The number of carboxylic acid groups (broad SMARTS) is 1. The summed E-state index contributed by atoms with van der Waals surface area (Å²) >= 11 is 0. The number of hydrogen-bond donors (Lipinski definition) is 3. The molecule has 1 aliphatic carbocycles. The number of pyridine rings is 1. The van der Waals surface area contributed by atoms with Crippen LogP contribution >= 0.6 is 0 Å². The summed E-state index contributed by atoms with van der Waals surface area (Å²) in [6, 6.07) is 2.85. The van der Waals surface area contributed by atoms with E-state index >= 15 is 0 Å². The van der Waals surface area contributed by atoms with E-state index in [1.807, 2.05) is 0 Å². The van der Waals surface area contributed by atoms with Gasteiger partial charge in [-0.3, -0.25) is 14.4 Å². The lowest BCUT2D eigenvalue weighted by atomic mass is 10.1. The van der Waals surface area contributed by atoms with Crippen LogP contribution < -0.4 is 10.9 Å². The molecule has 1 aliphatic rings. The fourth-order valence-electron chi connectivity index (χ4n) is 2.20. The van der Waals surface area contributed by atoms with Crippen molar-refractivity contribution in [3.63, 3.8) is 0 Å². The van der Waals surface area contributed by atoms with Crippen LogP contribution in [0.1, 0.15) is 29.6 Å². The number of nitrogens with one attached hydrogen (secondary N) is 2. The van der Waals surface area contributed by atoms with Gasteiger partial charge in [0.15, 0.2) is 0 Å². The lowest BCUT2D eigenvalue weighted by molar-refractivity contribution is -0.141. The summed E-state index contributed by atoms with van der Waals surface area (Å²) < 4.78 is 0. The van der Waals surface area contributed by atoms with E-state index in [4.69, 9.17) is 5.11 Å². The smallest absolute Gasteiger partial charge is 0.306 e. The fourth-order valence-corrected chi connectivity index (χ4v) is 2.20. The first-order valence-corrected chi connectivity index (χ1v) is 5.79. The summed E-state index contributed by atoms with van der Waals surface area (Å²) in [5.41, 5.74) is -0.390. The zero-order chi connectivity index (χ0) is 13.1. The van der Waals surface area contributed by atoms with E-state index in [1.165, 1.54) is 12.3 Å². The van der Waals surface area contributed by atoms with Crippen LogP contribution in [-0.2, 0) is 4.79 Å². The molecule has 0 aromatic carbocycles. The quantitative estimate of drug-likeness (QED) is 0.721. The van der Waals surface area contributed by atoms with Crippen molar-refractivity contribution >= 4 is 11.9 Å². The van der Waals surface area contributed by atoms with Crippen LogP contribution in [0.25, 0.3) is 0 Å². The van der Waals surface area contributed by atoms with Crippen molar-refractivity contribution in [1.29, 1.82) is 0 Å². The second kappa shape index (κ2) is 5.03. The molecule has 1 saturated carbocycles. The summed E-state index contributed by atoms with van der Waals surface area (Å²) in [6.45, 7) is 0. The topological polar surface area (TPSA) is 99.3 Å². The van der Waals surface area contributed by atoms with Gasteiger partial charge in [-0.05, 0) is 31.4 Å². The minimum absolute atomic E-state index is 0.0521. The number of rotatable bonds is 3. The molecule has 6 nitrogen and oxygen atoms in total. The zero-order valence-electron chi connectivity index (χ0n) is 9.68. The molecule has 96 valence electrons. The second-order valence-electron chi connectivity index (χ2n) is 4.43. The van der Waals surface area contributed by atoms with Gasteiger partial charge in [0.1, 0.15) is 5.56 Å². The average Bonchev–Trinajstić information content (AvgIpc) is 2.78. The van der Waals surface area contributed by atoms with E-state index in [2.05, 4.69) is 10.3 Å². The summed E-state index contributed by atoms with van der Waals surface area (Å²) in [6.07, 6.45) is 3.07. The minimum atomic E-state index is -0.829. The van der Waals surface area contributed by atoms with Gasteiger partial charge in [0.25, 0.3) is 11.5 Å². The van der Waals surface area contributed by atoms with Crippen LogP contribution in [-0.4, -0.2) is 28.0 Å². The molecule has 1 aromatic heterocycles. The van der Waals surface area contributed by atoms with E-state index in [1.54, 1.807) is 6.07 Å². The van der Waals surface area contributed by atoms with Crippen molar-refractivity contribution in [3.05, 3.63) is 34.2 Å². The Morgan fingerprint density at radius 2 is 2.17 bits per heavy atom. The monoisotopic (exact) mass is 250 g/mol. The average molecular weight is 250 g/mol. The normalized spacial score (nSPS) is 22.7. The number of carbonyl (C=O) groups is 2. The molecule has 1 fully saturated rings. The van der Waals surface area contributed by atoms with Gasteiger partial charge >= 0.3 is 5.97 Å². The maximum atomic E-state index is 11.8. The van der Waals surface area contributed by atoms with Crippen LogP contribution in [0.4, 0.5) is 0 Å². The molecule has 2 rings (SSSR count). The van der Waals surface area contributed by atoms with Gasteiger partial charge in [-0.25, -0.2) is 0 Å². The molecule has 6 heteroatoms. The molecule has 3 N–H and O–H groups in total. The van der Waals surface area contributed by atoms with Crippen molar-refractivity contribution in [2.75, 3.05) is 0 Å². The fraction of sp³-hybridized carbons (Fsp3) is 0.417. The van der Waals surface area contributed by atoms with Crippen LogP contribution in [0.15, 0.2) is 23.1 Å². The SMILES string of the molecule is O=C(NC1CCC(C(=O)O)C1)c1ccc[nH]c1=O. The van der Waals surface area contributed by atoms with Crippen molar-refractivity contribution in [1.82, 2.24) is 10.3 Å². The maximum absolute atomic E-state index is 11.8. The Hall–Kier alpha value is -2.11. The Morgan fingerprint density at radius 3 is 2.78 bits per heavy atom. The van der Waals surface area contributed by atoms with Crippen molar-refractivity contribution in [3.8, 4) is 0 Å². The third-order valence-electron chi connectivity index (χ3n) is 3.18. The first kappa shape index (κ1) is 12.3. The Morgan fingerprint density at radius 1 is 1.39 bits per heavy atom. The molecule has 2 unspecified atom stereocenters. The number of aliphatic carboxylic acids is 1. The molecular formula is C12H14N2O4. The van der Waals surface area contributed by atoms with Gasteiger partial charge in [0, 0.05) is 12.2 Å². The number of H-pyrrole nitrogens is 1. The molecule has 2 atom stereocenters. The first-order valence-electron chi connectivity index (χ1n) is 5.79. The van der Waals surface area contributed by atoms with Crippen LogP contribution in [0.2, 0.25) is 0 Å². The maximum Gasteiger partial charge on any atom is 0.306 e. The Kier molecular flexibility index (Phi) is 3.45. The van der Waals surface area contributed by atoms with Crippen molar-refractivity contribution < 1.29 is 14.7 Å². The number of aromatic nitrogens is 1. The Balaban J connectivity index is 1.99. The number of aromatic amines is 1. The number of amides is 1. The molecule has 1 heterocycles. The molecule has 0 spiro atoms. The van der Waals surface area contributed by atoms with Crippen molar-refractivity contribution in [2.24, 2.45) is 5.92 Å². The summed E-state index contributed by atoms with van der Waals surface area (Å²) in [7, 11) is 0. The van der Waals surface area contributed by atoms with Gasteiger partial charge in [-0.2, -0.15) is 0 Å². The highest BCUT2D eigenvalue weighted by Gasteiger charge is 2.30. The highest BCUT2D eigenvalue weighted by atomic mass is 16.4. The molecule has 18 heavy (non-hydrogen) atoms. The third kappa shape index (κ3) is 2.58. The Labute approximate surface area is 103 Å².